The van der Waals surface area contributed by atoms with Gasteiger partial charge in [0, 0.05) is 12.6 Å². The number of nitrogens with two attached hydrogens (primary N) is 1. The average Bonchev–Trinajstić information content (AvgIpc) is 2.96. The number of rotatable bonds is 2. The number of nitrogens with zero attached hydrogens (tertiary/aromatic N) is 2. The van der Waals surface area contributed by atoms with E-state index in [0.717, 1.165) is 19.9 Å². The summed E-state index contributed by atoms with van der Waals surface area (Å²) in [5.41, 5.74) is 8.25. The maximum atomic E-state index is 13.3. The zero-order chi connectivity index (χ0) is 15.1. The van der Waals surface area contributed by atoms with Crippen LogP contribution < -0.4 is 5.73 Å². The van der Waals surface area contributed by atoms with Crippen molar-refractivity contribution in [2.75, 3.05) is 5.73 Å². The van der Waals surface area contributed by atoms with E-state index in [1.54, 1.807) is 29.1 Å². The molecule has 0 aliphatic rings. The summed E-state index contributed by atoms with van der Waals surface area (Å²) in [6.07, 6.45) is 0. The number of aryl methyl sites for hydroxylation is 1. The second-order valence-corrected chi connectivity index (χ2v) is 7.33. The highest BCUT2D eigenvalue weighted by molar-refractivity contribution is 9.11. The van der Waals surface area contributed by atoms with E-state index in [1.165, 1.54) is 12.1 Å². The summed E-state index contributed by atoms with van der Waals surface area (Å²) in [7, 11) is 1.77. The standard InChI is InChI=1S/C14H10BrClFN3S/c1-20-14(18)12(8-3-2-7(17)6-9(8)16)13(19-20)10-4-5-11(15)21-10/h2-6H,18H2,1H3. The molecule has 2 heterocycles. The number of halogens is 3. The van der Waals surface area contributed by atoms with Gasteiger partial charge in [0.1, 0.15) is 17.3 Å². The van der Waals surface area contributed by atoms with Crippen LogP contribution in [0.1, 0.15) is 0 Å². The summed E-state index contributed by atoms with van der Waals surface area (Å²) >= 11 is 11.2. The molecule has 108 valence electrons. The molecular formula is C14H10BrClFN3S. The fraction of sp³-hybridized carbons (Fsp3) is 0.0714. The van der Waals surface area contributed by atoms with E-state index >= 15 is 0 Å². The minimum absolute atomic E-state index is 0.312. The topological polar surface area (TPSA) is 43.8 Å². The smallest absolute Gasteiger partial charge is 0.130 e. The Morgan fingerprint density at radius 3 is 2.71 bits per heavy atom. The van der Waals surface area contributed by atoms with Crippen LogP contribution in [-0.4, -0.2) is 9.78 Å². The summed E-state index contributed by atoms with van der Waals surface area (Å²) in [6.45, 7) is 0. The van der Waals surface area contributed by atoms with Crippen LogP contribution in [0.5, 0.6) is 0 Å². The van der Waals surface area contributed by atoms with E-state index in [0.29, 0.717) is 16.4 Å². The quantitative estimate of drug-likeness (QED) is 0.677. The predicted molar refractivity (Wildman–Crippen MR) is 89.0 cm³/mol. The van der Waals surface area contributed by atoms with Gasteiger partial charge < -0.3 is 5.73 Å². The Morgan fingerprint density at radius 2 is 2.10 bits per heavy atom. The van der Waals surface area contributed by atoms with Crippen molar-refractivity contribution in [2.24, 2.45) is 7.05 Å². The monoisotopic (exact) mass is 385 g/mol. The van der Waals surface area contributed by atoms with Gasteiger partial charge in [0.05, 0.1) is 19.2 Å². The lowest BCUT2D eigenvalue weighted by atomic mass is 10.0. The summed E-state index contributed by atoms with van der Waals surface area (Å²) in [5.74, 6) is 0.106. The predicted octanol–water partition coefficient (Wildman–Crippen LogP) is 4.95. The molecule has 0 unspecified atom stereocenters. The van der Waals surface area contributed by atoms with E-state index in [9.17, 15) is 4.39 Å². The Hall–Kier alpha value is -1.37. The first-order valence-electron chi connectivity index (χ1n) is 6.01. The molecule has 0 aliphatic heterocycles. The molecule has 0 aliphatic carbocycles. The molecule has 0 radical (unpaired) electrons. The highest BCUT2D eigenvalue weighted by Gasteiger charge is 2.20. The molecule has 0 amide bonds. The Labute approximate surface area is 138 Å². The van der Waals surface area contributed by atoms with Gasteiger partial charge in [-0.1, -0.05) is 11.6 Å². The minimum Gasteiger partial charge on any atom is -0.383 e. The Balaban J connectivity index is 2.26. The van der Waals surface area contributed by atoms with Crippen molar-refractivity contribution < 1.29 is 4.39 Å². The molecule has 0 fully saturated rings. The number of hydrogen-bond donors (Lipinski definition) is 1. The molecule has 1 aromatic carbocycles. The van der Waals surface area contributed by atoms with Crippen molar-refractivity contribution in [3.63, 3.8) is 0 Å². The normalized spacial score (nSPS) is 11.0. The highest BCUT2D eigenvalue weighted by Crippen LogP contribution is 2.42. The van der Waals surface area contributed by atoms with Crippen molar-refractivity contribution in [3.05, 3.63) is 45.0 Å². The lowest BCUT2D eigenvalue weighted by Gasteiger charge is -2.06. The zero-order valence-electron chi connectivity index (χ0n) is 10.9. The molecule has 0 spiro atoms. The Kier molecular flexibility index (Phi) is 3.77. The molecule has 0 saturated heterocycles. The van der Waals surface area contributed by atoms with Gasteiger partial charge in [-0.15, -0.1) is 11.3 Å². The summed E-state index contributed by atoms with van der Waals surface area (Å²) in [5, 5.41) is 4.77. The molecule has 3 rings (SSSR count). The van der Waals surface area contributed by atoms with Gasteiger partial charge in [0.15, 0.2) is 0 Å². The van der Waals surface area contributed by atoms with Gasteiger partial charge in [-0.3, -0.25) is 4.68 Å². The van der Waals surface area contributed by atoms with Crippen LogP contribution >= 0.6 is 38.9 Å². The molecule has 3 aromatic rings. The van der Waals surface area contributed by atoms with E-state index < -0.39 is 0 Å². The van der Waals surface area contributed by atoms with Crippen LogP contribution in [0.2, 0.25) is 5.02 Å². The highest BCUT2D eigenvalue weighted by atomic mass is 79.9. The van der Waals surface area contributed by atoms with Gasteiger partial charge in [0.2, 0.25) is 0 Å². The van der Waals surface area contributed by atoms with Crippen LogP contribution in [0, 0.1) is 5.82 Å². The molecule has 2 N–H and O–H groups in total. The maximum Gasteiger partial charge on any atom is 0.130 e. The fourth-order valence-corrected chi connectivity index (χ4v) is 3.75. The minimum atomic E-state index is -0.383. The van der Waals surface area contributed by atoms with Crippen molar-refractivity contribution in [3.8, 4) is 21.7 Å². The van der Waals surface area contributed by atoms with Crippen LogP contribution in [0.4, 0.5) is 10.2 Å². The molecule has 21 heavy (non-hydrogen) atoms. The van der Waals surface area contributed by atoms with Crippen LogP contribution in [0.15, 0.2) is 34.1 Å². The first-order chi connectivity index (χ1) is 9.97. The summed E-state index contributed by atoms with van der Waals surface area (Å²) < 4.78 is 15.8. The molecule has 2 aromatic heterocycles. The third-order valence-corrected chi connectivity index (χ3v) is 5.04. The third-order valence-electron chi connectivity index (χ3n) is 3.10. The molecule has 7 heteroatoms. The van der Waals surface area contributed by atoms with Gasteiger partial charge in [-0.2, -0.15) is 5.10 Å². The van der Waals surface area contributed by atoms with Crippen molar-refractivity contribution >= 4 is 44.7 Å². The number of aromatic nitrogens is 2. The molecular weight excluding hydrogens is 377 g/mol. The molecule has 0 saturated carbocycles. The van der Waals surface area contributed by atoms with Gasteiger partial charge >= 0.3 is 0 Å². The van der Waals surface area contributed by atoms with E-state index in [4.69, 9.17) is 17.3 Å². The number of nitrogen functional groups attached to an aromatic ring is 1. The summed E-state index contributed by atoms with van der Waals surface area (Å²) in [4.78, 5) is 0.963. The Bertz CT molecular complexity index is 828. The lowest BCUT2D eigenvalue weighted by Crippen LogP contribution is -1.98. The van der Waals surface area contributed by atoms with Crippen molar-refractivity contribution in [2.45, 2.75) is 0 Å². The number of benzene rings is 1. The van der Waals surface area contributed by atoms with Gasteiger partial charge in [0.25, 0.3) is 0 Å². The van der Waals surface area contributed by atoms with Crippen LogP contribution in [0.3, 0.4) is 0 Å². The number of hydrogen-bond acceptors (Lipinski definition) is 3. The second-order valence-electron chi connectivity index (χ2n) is 4.46. The average molecular weight is 387 g/mol. The molecule has 0 bridgehead atoms. The van der Waals surface area contributed by atoms with E-state index in [1.807, 2.05) is 12.1 Å². The van der Waals surface area contributed by atoms with E-state index in [-0.39, 0.29) is 5.82 Å². The number of thiophene rings is 1. The van der Waals surface area contributed by atoms with Crippen molar-refractivity contribution in [1.82, 2.24) is 9.78 Å². The van der Waals surface area contributed by atoms with Gasteiger partial charge in [-0.05, 0) is 46.3 Å². The van der Waals surface area contributed by atoms with Crippen molar-refractivity contribution in [1.29, 1.82) is 0 Å². The third kappa shape index (κ3) is 2.59. The fourth-order valence-electron chi connectivity index (χ4n) is 2.11. The SMILES string of the molecule is Cn1nc(-c2ccc(Br)s2)c(-c2ccc(F)cc2Cl)c1N. The van der Waals surface area contributed by atoms with Crippen LogP contribution in [0.25, 0.3) is 21.7 Å². The first-order valence-corrected chi connectivity index (χ1v) is 7.99. The summed E-state index contributed by atoms with van der Waals surface area (Å²) in [6, 6.07) is 8.16. The largest absolute Gasteiger partial charge is 0.383 e. The molecule has 3 nitrogen and oxygen atoms in total. The zero-order valence-corrected chi connectivity index (χ0v) is 14.1. The Morgan fingerprint density at radius 1 is 1.33 bits per heavy atom. The maximum absolute atomic E-state index is 13.3. The van der Waals surface area contributed by atoms with Gasteiger partial charge in [-0.25, -0.2) is 4.39 Å². The van der Waals surface area contributed by atoms with E-state index in [2.05, 4.69) is 21.0 Å². The first kappa shape index (κ1) is 14.6. The molecule has 0 atom stereocenters. The second kappa shape index (κ2) is 5.44. The van der Waals surface area contributed by atoms with Crippen LogP contribution in [-0.2, 0) is 7.05 Å². The number of anilines is 1. The lowest BCUT2D eigenvalue weighted by molar-refractivity contribution is 0.628.